The highest BCUT2D eigenvalue weighted by molar-refractivity contribution is 5.73. The van der Waals surface area contributed by atoms with Crippen LogP contribution in [0.25, 0.3) is 0 Å². The van der Waals surface area contributed by atoms with E-state index >= 15 is 0 Å². The fourth-order valence-electron chi connectivity index (χ4n) is 1.59. The molecule has 0 aliphatic rings. The van der Waals surface area contributed by atoms with Crippen LogP contribution in [0.5, 0.6) is 5.75 Å². The molecule has 0 aromatic heterocycles. The number of nitriles is 1. The van der Waals surface area contributed by atoms with Gasteiger partial charge in [0.25, 0.3) is 0 Å². The lowest BCUT2D eigenvalue weighted by Crippen LogP contribution is -2.38. The van der Waals surface area contributed by atoms with Gasteiger partial charge in [0.05, 0.1) is 12.7 Å². The predicted octanol–water partition coefficient (Wildman–Crippen LogP) is 0.928. The van der Waals surface area contributed by atoms with Crippen molar-refractivity contribution in [2.75, 3.05) is 34.3 Å². The molecule has 108 valence electrons. The molecule has 0 saturated heterocycles. The molecular formula is C14H20N4O2. The number of benzene rings is 1. The Morgan fingerprint density at radius 1 is 1.40 bits per heavy atom. The number of urea groups is 1. The van der Waals surface area contributed by atoms with Crippen LogP contribution in [-0.4, -0.2) is 45.2 Å². The first kappa shape index (κ1) is 15.8. The lowest BCUT2D eigenvalue weighted by Gasteiger charge is -2.12. The van der Waals surface area contributed by atoms with Crippen LogP contribution in [0.15, 0.2) is 18.2 Å². The molecule has 0 radical (unpaired) electrons. The molecule has 0 atom stereocenters. The zero-order valence-electron chi connectivity index (χ0n) is 12.1. The summed E-state index contributed by atoms with van der Waals surface area (Å²) in [4.78, 5) is 12.8. The van der Waals surface area contributed by atoms with E-state index < -0.39 is 0 Å². The summed E-state index contributed by atoms with van der Waals surface area (Å²) in [5, 5.41) is 14.9. The van der Waals surface area contributed by atoms with Gasteiger partial charge in [0.15, 0.2) is 0 Å². The Bertz CT molecular complexity index is 494. The predicted molar refractivity (Wildman–Crippen MR) is 76.5 cm³/mol. The Morgan fingerprint density at radius 3 is 2.75 bits per heavy atom. The quantitative estimate of drug-likeness (QED) is 0.758. The highest BCUT2D eigenvalue weighted by atomic mass is 16.5. The molecule has 0 bridgehead atoms. The minimum atomic E-state index is -0.105. The average Bonchev–Trinajstić information content (AvgIpc) is 2.46. The molecule has 1 rings (SSSR count). The number of carbonyl (C=O) groups is 1. The van der Waals surface area contributed by atoms with Crippen LogP contribution in [0, 0.1) is 11.3 Å². The number of ether oxygens (including phenoxy) is 1. The third-order valence-corrected chi connectivity index (χ3v) is 2.70. The summed E-state index contributed by atoms with van der Waals surface area (Å²) in [5.41, 5.74) is 1.55. The maximum atomic E-state index is 11.3. The fourth-order valence-corrected chi connectivity index (χ4v) is 1.59. The number of rotatable bonds is 6. The van der Waals surface area contributed by atoms with E-state index in [1.165, 1.54) is 4.90 Å². The van der Waals surface area contributed by atoms with Gasteiger partial charge in [0.2, 0.25) is 0 Å². The van der Waals surface area contributed by atoms with Gasteiger partial charge in [0, 0.05) is 33.7 Å². The first-order valence-corrected chi connectivity index (χ1v) is 6.31. The molecule has 0 spiro atoms. The van der Waals surface area contributed by atoms with Gasteiger partial charge in [-0.3, -0.25) is 0 Å². The minimum Gasteiger partial charge on any atom is -0.495 e. The van der Waals surface area contributed by atoms with Crippen LogP contribution in [0.1, 0.15) is 11.1 Å². The maximum absolute atomic E-state index is 11.3. The third-order valence-electron chi connectivity index (χ3n) is 2.70. The molecule has 6 nitrogen and oxygen atoms in total. The smallest absolute Gasteiger partial charge is 0.316 e. The summed E-state index contributed by atoms with van der Waals surface area (Å²) < 4.78 is 5.15. The van der Waals surface area contributed by atoms with E-state index in [4.69, 9.17) is 10.00 Å². The zero-order valence-corrected chi connectivity index (χ0v) is 12.1. The van der Waals surface area contributed by atoms with E-state index in [0.29, 0.717) is 30.9 Å². The van der Waals surface area contributed by atoms with E-state index in [2.05, 4.69) is 16.7 Å². The van der Waals surface area contributed by atoms with E-state index in [9.17, 15) is 4.79 Å². The molecule has 20 heavy (non-hydrogen) atoms. The maximum Gasteiger partial charge on any atom is 0.316 e. The molecule has 0 aliphatic carbocycles. The summed E-state index contributed by atoms with van der Waals surface area (Å²) >= 11 is 0. The van der Waals surface area contributed by atoms with Gasteiger partial charge in [-0.1, -0.05) is 6.07 Å². The number of hydrogen-bond acceptors (Lipinski definition) is 4. The Balaban J connectivity index is 2.36. The van der Waals surface area contributed by atoms with Crippen LogP contribution in [0.3, 0.4) is 0 Å². The van der Waals surface area contributed by atoms with E-state index in [1.807, 2.05) is 12.1 Å². The number of amides is 2. The highest BCUT2D eigenvalue weighted by Crippen LogP contribution is 2.18. The summed E-state index contributed by atoms with van der Waals surface area (Å²) in [6, 6.07) is 7.43. The van der Waals surface area contributed by atoms with Gasteiger partial charge in [-0.25, -0.2) is 4.79 Å². The molecule has 1 aromatic rings. The normalized spacial score (nSPS) is 9.70. The van der Waals surface area contributed by atoms with Crippen LogP contribution >= 0.6 is 0 Å². The van der Waals surface area contributed by atoms with Crippen molar-refractivity contribution in [2.24, 2.45) is 0 Å². The topological polar surface area (TPSA) is 77.4 Å². The molecule has 0 saturated carbocycles. The Morgan fingerprint density at radius 2 is 2.15 bits per heavy atom. The van der Waals surface area contributed by atoms with Crippen molar-refractivity contribution in [3.05, 3.63) is 29.3 Å². The van der Waals surface area contributed by atoms with Gasteiger partial charge < -0.3 is 20.3 Å². The van der Waals surface area contributed by atoms with Crippen molar-refractivity contribution in [1.29, 1.82) is 5.26 Å². The molecule has 0 unspecified atom stereocenters. The third kappa shape index (κ3) is 4.78. The summed E-state index contributed by atoms with van der Waals surface area (Å²) in [6.45, 7) is 1.88. The summed E-state index contributed by atoms with van der Waals surface area (Å²) in [7, 11) is 4.95. The lowest BCUT2D eigenvalue weighted by molar-refractivity contribution is 0.217. The largest absolute Gasteiger partial charge is 0.495 e. The molecule has 2 N–H and O–H groups in total. The molecule has 0 fully saturated rings. The number of hydrogen-bond donors (Lipinski definition) is 2. The Kier molecular flexibility index (Phi) is 6.33. The second-order valence-corrected chi connectivity index (χ2v) is 4.45. The SMILES string of the molecule is COc1cc(CNCCNC(=O)N(C)C)ccc1C#N. The van der Waals surface area contributed by atoms with E-state index in [1.54, 1.807) is 27.3 Å². The second kappa shape index (κ2) is 8.02. The van der Waals surface area contributed by atoms with Gasteiger partial charge in [0.1, 0.15) is 11.8 Å². The Labute approximate surface area is 119 Å². The van der Waals surface area contributed by atoms with Crippen molar-refractivity contribution in [3.63, 3.8) is 0 Å². The first-order chi connectivity index (χ1) is 9.58. The molecule has 6 heteroatoms. The number of nitrogens with one attached hydrogen (secondary N) is 2. The molecule has 2 amide bonds. The van der Waals surface area contributed by atoms with Crippen molar-refractivity contribution >= 4 is 6.03 Å². The van der Waals surface area contributed by atoms with Crippen molar-refractivity contribution in [2.45, 2.75) is 6.54 Å². The number of nitrogens with zero attached hydrogens (tertiary/aromatic N) is 2. The number of carbonyl (C=O) groups excluding carboxylic acids is 1. The average molecular weight is 276 g/mol. The van der Waals surface area contributed by atoms with Crippen LogP contribution in [0.2, 0.25) is 0 Å². The van der Waals surface area contributed by atoms with Gasteiger partial charge in [-0.15, -0.1) is 0 Å². The number of methoxy groups -OCH3 is 1. The zero-order chi connectivity index (χ0) is 15.0. The fraction of sp³-hybridized carbons (Fsp3) is 0.429. The second-order valence-electron chi connectivity index (χ2n) is 4.45. The monoisotopic (exact) mass is 276 g/mol. The highest BCUT2D eigenvalue weighted by Gasteiger charge is 2.04. The molecule has 0 heterocycles. The van der Waals surface area contributed by atoms with Crippen molar-refractivity contribution in [1.82, 2.24) is 15.5 Å². The lowest BCUT2D eigenvalue weighted by atomic mass is 10.1. The van der Waals surface area contributed by atoms with Crippen LogP contribution in [-0.2, 0) is 6.54 Å². The van der Waals surface area contributed by atoms with Gasteiger partial charge in [-0.05, 0) is 17.7 Å². The molecular weight excluding hydrogens is 256 g/mol. The molecule has 0 aliphatic heterocycles. The minimum absolute atomic E-state index is 0.105. The summed E-state index contributed by atoms with van der Waals surface area (Å²) in [6.07, 6.45) is 0. The van der Waals surface area contributed by atoms with E-state index in [0.717, 1.165) is 5.56 Å². The molecule has 1 aromatic carbocycles. The summed E-state index contributed by atoms with van der Waals surface area (Å²) in [5.74, 6) is 0.577. The first-order valence-electron chi connectivity index (χ1n) is 6.31. The van der Waals surface area contributed by atoms with Crippen molar-refractivity contribution < 1.29 is 9.53 Å². The van der Waals surface area contributed by atoms with Crippen LogP contribution in [0.4, 0.5) is 4.79 Å². The van der Waals surface area contributed by atoms with Crippen LogP contribution < -0.4 is 15.4 Å². The van der Waals surface area contributed by atoms with Crippen molar-refractivity contribution in [3.8, 4) is 11.8 Å². The van der Waals surface area contributed by atoms with Gasteiger partial charge in [-0.2, -0.15) is 5.26 Å². The van der Waals surface area contributed by atoms with E-state index in [-0.39, 0.29) is 6.03 Å². The standard InChI is InChI=1S/C14H20N4O2/c1-18(2)14(19)17-7-6-16-10-11-4-5-12(9-15)13(8-11)20-3/h4-5,8,16H,6-7,10H2,1-3H3,(H,17,19). The van der Waals surface area contributed by atoms with Gasteiger partial charge >= 0.3 is 6.03 Å². The Hall–Kier alpha value is -2.26.